The van der Waals surface area contributed by atoms with Gasteiger partial charge in [0.15, 0.2) is 0 Å². The van der Waals surface area contributed by atoms with Gasteiger partial charge in [-0.15, -0.1) is 0 Å². The van der Waals surface area contributed by atoms with Gasteiger partial charge in [0.25, 0.3) is 0 Å². The first-order valence-corrected chi connectivity index (χ1v) is 8.98. The monoisotopic (exact) mass is 311 g/mol. The maximum absolute atomic E-state index is 13.1. The Kier molecular flexibility index (Phi) is 2.71. The molecule has 6 rings (SSSR count). The van der Waals surface area contributed by atoms with Crippen LogP contribution in [0.1, 0.15) is 32.7 Å². The summed E-state index contributed by atoms with van der Waals surface area (Å²) >= 11 is 0. The second-order valence-corrected chi connectivity index (χ2v) is 8.44. The van der Waals surface area contributed by atoms with Crippen molar-refractivity contribution >= 4 is 11.0 Å². The summed E-state index contributed by atoms with van der Waals surface area (Å²) in [5.41, 5.74) is 2.70. The first-order chi connectivity index (χ1) is 11.1. The molecule has 4 atom stereocenters. The number of hydrogen-bond acceptors (Lipinski definition) is 2. The lowest BCUT2D eigenvalue weighted by molar-refractivity contribution is 0.0829. The lowest BCUT2D eigenvalue weighted by Gasteiger charge is -2.40. The van der Waals surface area contributed by atoms with Crippen LogP contribution in [0.5, 0.6) is 0 Å². The van der Waals surface area contributed by atoms with Crippen LogP contribution >= 0.6 is 0 Å². The molecule has 0 N–H and O–H groups in total. The van der Waals surface area contributed by atoms with Gasteiger partial charge in [0.05, 0.1) is 11.0 Å². The molecule has 3 aliphatic heterocycles. The van der Waals surface area contributed by atoms with Gasteiger partial charge in [-0.25, -0.2) is 4.79 Å². The van der Waals surface area contributed by atoms with E-state index in [-0.39, 0.29) is 11.7 Å². The normalized spacial score (nSPS) is 35.0. The molecule has 2 unspecified atom stereocenters. The topological polar surface area (TPSA) is 30.2 Å². The molecule has 4 aliphatic rings. The van der Waals surface area contributed by atoms with Crippen molar-refractivity contribution in [3.8, 4) is 0 Å². The number of benzene rings is 1. The summed E-state index contributed by atoms with van der Waals surface area (Å²) < 4.78 is 4.03. The fourth-order valence-electron chi connectivity index (χ4n) is 5.83. The molecule has 4 heterocycles. The zero-order chi connectivity index (χ0) is 15.8. The van der Waals surface area contributed by atoms with Crippen molar-refractivity contribution in [2.75, 3.05) is 19.6 Å². The van der Waals surface area contributed by atoms with Crippen molar-refractivity contribution in [2.24, 2.45) is 17.3 Å². The predicted molar refractivity (Wildman–Crippen MR) is 91.7 cm³/mol. The first kappa shape index (κ1) is 13.8. The zero-order valence-electron chi connectivity index (χ0n) is 14.0. The maximum Gasteiger partial charge on any atom is 0.329 e. The Bertz CT molecular complexity index is 811. The highest BCUT2D eigenvalue weighted by molar-refractivity contribution is 5.76. The lowest BCUT2D eigenvalue weighted by atomic mass is 9.80. The van der Waals surface area contributed by atoms with E-state index in [4.69, 9.17) is 0 Å². The van der Waals surface area contributed by atoms with Crippen molar-refractivity contribution in [2.45, 2.75) is 39.3 Å². The van der Waals surface area contributed by atoms with Gasteiger partial charge < -0.3 is 4.90 Å². The van der Waals surface area contributed by atoms with E-state index in [0.29, 0.717) is 5.41 Å². The molecule has 1 aliphatic carbocycles. The molecule has 1 aromatic heterocycles. The van der Waals surface area contributed by atoms with Crippen molar-refractivity contribution in [1.82, 2.24) is 14.0 Å². The molecule has 4 fully saturated rings. The van der Waals surface area contributed by atoms with Crippen LogP contribution in [0.4, 0.5) is 0 Å². The smallest absolute Gasteiger partial charge is 0.302 e. The summed E-state index contributed by atoms with van der Waals surface area (Å²) in [4.78, 5) is 15.7. The van der Waals surface area contributed by atoms with Gasteiger partial charge in [-0.1, -0.05) is 12.1 Å². The molecule has 2 aromatic rings. The second kappa shape index (κ2) is 4.50. The van der Waals surface area contributed by atoms with Crippen LogP contribution in [-0.4, -0.2) is 33.7 Å². The fourth-order valence-corrected chi connectivity index (χ4v) is 5.83. The van der Waals surface area contributed by atoms with Gasteiger partial charge in [-0.2, -0.15) is 0 Å². The molecule has 0 spiro atoms. The third-order valence-electron chi connectivity index (χ3n) is 6.48. The van der Waals surface area contributed by atoms with Crippen molar-refractivity contribution in [3.63, 3.8) is 0 Å². The second-order valence-electron chi connectivity index (χ2n) is 8.44. The Labute approximate surface area is 136 Å². The molecule has 1 aromatic carbocycles. The summed E-state index contributed by atoms with van der Waals surface area (Å²) in [7, 11) is 0. The number of nitrogens with zero attached hydrogens (tertiary/aromatic N) is 3. The van der Waals surface area contributed by atoms with E-state index >= 15 is 0 Å². The Hall–Kier alpha value is -1.55. The molecular formula is C19H25N3O. The molecule has 122 valence electrons. The molecule has 0 radical (unpaired) electrons. The minimum absolute atomic E-state index is 0.174. The van der Waals surface area contributed by atoms with Crippen molar-refractivity contribution in [3.05, 3.63) is 34.7 Å². The SMILES string of the molecule is CC(C)n1c(=O)n(CC23C[C@H]4CN(C[C@H]4C2)C3)c2ccccc21. The largest absolute Gasteiger partial charge is 0.329 e. The third-order valence-corrected chi connectivity index (χ3v) is 6.48. The van der Waals surface area contributed by atoms with Gasteiger partial charge in [0.2, 0.25) is 0 Å². The maximum atomic E-state index is 13.1. The molecule has 3 saturated heterocycles. The summed E-state index contributed by atoms with van der Waals surface area (Å²) in [6.07, 6.45) is 2.64. The predicted octanol–water partition coefficient (Wildman–Crippen LogP) is 2.73. The highest BCUT2D eigenvalue weighted by Gasteiger charge is 2.55. The van der Waals surface area contributed by atoms with Crippen LogP contribution < -0.4 is 5.69 Å². The molecule has 4 bridgehead atoms. The van der Waals surface area contributed by atoms with Gasteiger partial charge in [-0.3, -0.25) is 9.13 Å². The number of rotatable bonds is 3. The van der Waals surface area contributed by atoms with Crippen LogP contribution in [0, 0.1) is 17.3 Å². The number of imidazole rings is 1. The molecule has 1 saturated carbocycles. The molecule has 4 heteroatoms. The quantitative estimate of drug-likeness (QED) is 0.872. The van der Waals surface area contributed by atoms with E-state index in [1.807, 2.05) is 10.6 Å². The van der Waals surface area contributed by atoms with E-state index in [0.717, 1.165) is 29.4 Å². The molecule has 0 amide bonds. The van der Waals surface area contributed by atoms with E-state index in [1.165, 1.54) is 32.5 Å². The van der Waals surface area contributed by atoms with Crippen molar-refractivity contribution < 1.29 is 0 Å². The Balaban J connectivity index is 1.62. The number of aromatic nitrogens is 2. The summed E-state index contributed by atoms with van der Waals surface area (Å²) in [6.45, 7) is 8.89. The highest BCUT2D eigenvalue weighted by Crippen LogP contribution is 2.55. The lowest BCUT2D eigenvalue weighted by Crippen LogP contribution is -2.46. The Morgan fingerprint density at radius 1 is 1.13 bits per heavy atom. The first-order valence-electron chi connectivity index (χ1n) is 8.98. The number of hydrogen-bond donors (Lipinski definition) is 0. The van der Waals surface area contributed by atoms with E-state index in [2.05, 4.69) is 41.5 Å². The van der Waals surface area contributed by atoms with E-state index in [1.54, 1.807) is 0 Å². The average molecular weight is 311 g/mol. The zero-order valence-corrected chi connectivity index (χ0v) is 14.0. The van der Waals surface area contributed by atoms with Crippen LogP contribution in [-0.2, 0) is 6.54 Å². The van der Waals surface area contributed by atoms with Gasteiger partial charge in [0, 0.05) is 37.6 Å². The van der Waals surface area contributed by atoms with Crippen LogP contribution in [0.2, 0.25) is 0 Å². The summed E-state index contributed by atoms with van der Waals surface area (Å²) in [5.74, 6) is 1.77. The van der Waals surface area contributed by atoms with Crippen LogP contribution in [0.3, 0.4) is 0 Å². The standard InChI is InChI=1S/C19H25N3O/c1-13(2)22-17-6-4-3-5-16(17)21(18(22)23)12-19-7-14-9-20(11-19)10-15(14)8-19/h3-6,13-15H,7-12H2,1-2H3/t14-,15+,19?. The van der Waals surface area contributed by atoms with Crippen LogP contribution in [0.25, 0.3) is 11.0 Å². The Morgan fingerprint density at radius 3 is 2.39 bits per heavy atom. The number of piperidine rings is 2. The average Bonchev–Trinajstić information content (AvgIpc) is 3.03. The Morgan fingerprint density at radius 2 is 1.78 bits per heavy atom. The third kappa shape index (κ3) is 1.84. The fraction of sp³-hybridized carbons (Fsp3) is 0.632. The highest BCUT2D eigenvalue weighted by atomic mass is 16.1. The minimum Gasteiger partial charge on any atom is -0.302 e. The van der Waals surface area contributed by atoms with Gasteiger partial charge in [-0.05, 0) is 50.7 Å². The van der Waals surface area contributed by atoms with E-state index < -0.39 is 0 Å². The molecule has 23 heavy (non-hydrogen) atoms. The van der Waals surface area contributed by atoms with E-state index in [9.17, 15) is 4.79 Å². The summed E-state index contributed by atoms with van der Waals surface area (Å²) in [6, 6.07) is 8.49. The molecular weight excluding hydrogens is 286 g/mol. The van der Waals surface area contributed by atoms with Gasteiger partial charge >= 0.3 is 5.69 Å². The van der Waals surface area contributed by atoms with Crippen LogP contribution in [0.15, 0.2) is 29.1 Å². The number of para-hydroxylation sites is 2. The minimum atomic E-state index is 0.174. The summed E-state index contributed by atoms with van der Waals surface area (Å²) in [5, 5.41) is 0. The van der Waals surface area contributed by atoms with Gasteiger partial charge in [0.1, 0.15) is 0 Å². The number of fused-ring (bicyclic) bond motifs is 1. The van der Waals surface area contributed by atoms with Crippen molar-refractivity contribution in [1.29, 1.82) is 0 Å². The molecule has 4 nitrogen and oxygen atoms in total.